The van der Waals surface area contributed by atoms with Gasteiger partial charge in [0.15, 0.2) is 0 Å². The highest BCUT2D eigenvalue weighted by Crippen LogP contribution is 2.40. The van der Waals surface area contributed by atoms with Crippen LogP contribution < -0.4 is 0 Å². The summed E-state index contributed by atoms with van der Waals surface area (Å²) in [5.41, 5.74) is 0.433. The van der Waals surface area contributed by atoms with Crippen molar-refractivity contribution in [2.75, 3.05) is 13.2 Å². The zero-order chi connectivity index (χ0) is 15.6. The van der Waals surface area contributed by atoms with Gasteiger partial charge in [-0.05, 0) is 57.8 Å². The highest BCUT2D eigenvalue weighted by Gasteiger charge is 2.22. The largest absolute Gasteiger partial charge is 0.462 e. The maximum absolute atomic E-state index is 12.1. The Morgan fingerprint density at radius 3 is 1.67 bits per heavy atom. The van der Waals surface area contributed by atoms with Crippen molar-refractivity contribution < 1.29 is 19.1 Å². The molecule has 0 spiro atoms. The van der Waals surface area contributed by atoms with Gasteiger partial charge in [-0.25, -0.2) is 9.59 Å². The van der Waals surface area contributed by atoms with Crippen molar-refractivity contribution in [2.24, 2.45) is 0 Å². The summed E-state index contributed by atoms with van der Waals surface area (Å²) in [6, 6.07) is 3.32. The molecule has 4 nitrogen and oxygen atoms in total. The summed E-state index contributed by atoms with van der Waals surface area (Å²) in [7, 11) is 0. The Morgan fingerprint density at radius 1 is 0.952 bits per heavy atom. The third-order valence-corrected chi connectivity index (χ3v) is 5.37. The number of thiophene rings is 1. The van der Waals surface area contributed by atoms with E-state index >= 15 is 0 Å². The molecule has 112 valence electrons. The third-order valence-electron chi connectivity index (χ3n) is 2.75. The Hall–Kier alpha value is -0.920. The summed E-state index contributed by atoms with van der Waals surface area (Å²) in [5, 5.41) is 1.70. The maximum atomic E-state index is 12.1. The van der Waals surface area contributed by atoms with Gasteiger partial charge in [-0.3, -0.25) is 0 Å². The minimum atomic E-state index is -0.531. The highest BCUT2D eigenvalue weighted by molar-refractivity contribution is 9.12. The minimum Gasteiger partial charge on any atom is -0.462 e. The number of carbonyl (C=O) groups excluding carboxylic acids is 2. The van der Waals surface area contributed by atoms with Gasteiger partial charge in [0.25, 0.3) is 0 Å². The Bertz CT molecular complexity index is 651. The number of hydrogen-bond acceptors (Lipinski definition) is 5. The van der Waals surface area contributed by atoms with Crippen molar-refractivity contribution in [2.45, 2.75) is 13.8 Å². The van der Waals surface area contributed by atoms with Gasteiger partial charge < -0.3 is 9.47 Å². The molecule has 0 aliphatic heterocycles. The van der Waals surface area contributed by atoms with Crippen molar-refractivity contribution in [1.29, 1.82) is 0 Å². The molecule has 0 saturated carbocycles. The number of esters is 2. The minimum absolute atomic E-state index is 0.216. The van der Waals surface area contributed by atoms with Crippen LogP contribution in [-0.2, 0) is 9.47 Å². The Morgan fingerprint density at radius 2 is 1.33 bits per heavy atom. The molecule has 0 aliphatic carbocycles. The molecule has 1 heterocycles. The van der Waals surface area contributed by atoms with E-state index in [-0.39, 0.29) is 24.3 Å². The fraction of sp³-hybridized carbons (Fsp3) is 0.286. The lowest BCUT2D eigenvalue weighted by molar-refractivity contribution is 0.0479. The van der Waals surface area contributed by atoms with E-state index in [1.807, 2.05) is 0 Å². The predicted octanol–water partition coefficient (Wildman–Crippen LogP) is 4.78. The summed E-state index contributed by atoms with van der Waals surface area (Å²) < 4.78 is 11.8. The normalized spacial score (nSPS) is 10.7. The fourth-order valence-corrected chi connectivity index (χ4v) is 4.86. The van der Waals surface area contributed by atoms with Gasteiger partial charge in [-0.2, -0.15) is 0 Å². The molecule has 2 aromatic rings. The van der Waals surface area contributed by atoms with Crippen LogP contribution in [0.3, 0.4) is 0 Å². The molecule has 0 amide bonds. The molecule has 0 atom stereocenters. The van der Waals surface area contributed by atoms with Crippen molar-refractivity contribution >= 4 is 65.9 Å². The first-order valence-corrected chi connectivity index (χ1v) is 8.65. The first-order valence-electron chi connectivity index (χ1n) is 6.25. The first kappa shape index (κ1) is 16.5. The quantitative estimate of drug-likeness (QED) is 0.648. The lowest BCUT2D eigenvalue weighted by Gasteiger charge is -2.09. The summed E-state index contributed by atoms with van der Waals surface area (Å²) >= 11 is 8.38. The van der Waals surface area contributed by atoms with Crippen molar-refractivity contribution in [1.82, 2.24) is 0 Å². The topological polar surface area (TPSA) is 52.6 Å². The molecule has 0 N–H and O–H groups in total. The van der Waals surface area contributed by atoms with Crippen molar-refractivity contribution in [3.05, 3.63) is 30.8 Å². The van der Waals surface area contributed by atoms with Crippen LogP contribution in [0.25, 0.3) is 10.8 Å². The fourth-order valence-electron chi connectivity index (χ4n) is 1.87. The monoisotopic (exact) mass is 434 g/mol. The number of hydrogen-bond donors (Lipinski definition) is 0. The average Bonchev–Trinajstić information content (AvgIpc) is 2.73. The van der Waals surface area contributed by atoms with Crippen LogP contribution in [0, 0.1) is 0 Å². The molecule has 2 rings (SSSR count). The second-order valence-corrected chi connectivity index (χ2v) is 7.69. The van der Waals surface area contributed by atoms with Gasteiger partial charge in [0.05, 0.1) is 31.9 Å². The third kappa shape index (κ3) is 3.30. The van der Waals surface area contributed by atoms with Crippen molar-refractivity contribution in [3.8, 4) is 0 Å². The Kier molecular flexibility index (Phi) is 5.40. The van der Waals surface area contributed by atoms with Gasteiger partial charge in [-0.1, -0.05) is 0 Å². The maximum Gasteiger partial charge on any atom is 0.339 e. The SMILES string of the molecule is CCOC(=O)c1cc2c(Br)sc(Br)c2cc1C(=O)OCC. The zero-order valence-corrected chi connectivity index (χ0v) is 15.4. The van der Waals surface area contributed by atoms with E-state index in [1.165, 1.54) is 11.3 Å². The molecule has 0 saturated heterocycles. The van der Waals surface area contributed by atoms with Crippen LogP contribution in [0.2, 0.25) is 0 Å². The Balaban J connectivity index is 2.66. The van der Waals surface area contributed by atoms with Crippen LogP contribution >= 0.6 is 43.2 Å². The number of carbonyl (C=O) groups is 2. The van der Waals surface area contributed by atoms with E-state index in [0.717, 1.165) is 18.3 Å². The molecule has 1 aromatic heterocycles. The van der Waals surface area contributed by atoms with E-state index in [0.29, 0.717) is 0 Å². The van der Waals surface area contributed by atoms with Gasteiger partial charge in [0.1, 0.15) is 0 Å². The van der Waals surface area contributed by atoms with Crippen LogP contribution in [0.5, 0.6) is 0 Å². The molecular formula is C14H12Br2O4S. The summed E-state index contributed by atoms with van der Waals surface area (Å²) in [5.74, 6) is -1.06. The molecule has 1 aromatic carbocycles. The van der Waals surface area contributed by atoms with Gasteiger partial charge in [0, 0.05) is 10.8 Å². The zero-order valence-electron chi connectivity index (χ0n) is 11.4. The lowest BCUT2D eigenvalue weighted by atomic mass is 10.0. The summed E-state index contributed by atoms with van der Waals surface area (Å²) in [6.07, 6.45) is 0. The van der Waals surface area contributed by atoms with Gasteiger partial charge >= 0.3 is 11.9 Å². The van der Waals surface area contributed by atoms with Crippen LogP contribution in [0.1, 0.15) is 34.6 Å². The second kappa shape index (κ2) is 6.89. The van der Waals surface area contributed by atoms with Crippen molar-refractivity contribution in [3.63, 3.8) is 0 Å². The number of ether oxygens (including phenoxy) is 2. The van der Waals surface area contributed by atoms with E-state index in [9.17, 15) is 9.59 Å². The molecule has 7 heteroatoms. The standard InChI is InChI=1S/C14H12Br2O4S/c1-3-19-13(17)9-5-7-8(12(16)21-11(7)15)6-10(9)14(18)20-4-2/h5-6H,3-4H2,1-2H3. The summed E-state index contributed by atoms with van der Waals surface area (Å²) in [4.78, 5) is 24.2. The summed E-state index contributed by atoms with van der Waals surface area (Å²) in [6.45, 7) is 3.93. The molecule has 0 fully saturated rings. The van der Waals surface area contributed by atoms with Gasteiger partial charge in [0.2, 0.25) is 0 Å². The first-order chi connectivity index (χ1) is 9.99. The van der Waals surface area contributed by atoms with E-state index in [4.69, 9.17) is 9.47 Å². The molecule has 0 aliphatic rings. The Labute approximate surface area is 142 Å². The van der Waals surface area contributed by atoms with Crippen LogP contribution in [-0.4, -0.2) is 25.2 Å². The number of fused-ring (bicyclic) bond motifs is 1. The van der Waals surface area contributed by atoms with Crippen LogP contribution in [0.15, 0.2) is 19.7 Å². The molecule has 0 unspecified atom stereocenters. The highest BCUT2D eigenvalue weighted by atomic mass is 79.9. The van der Waals surface area contributed by atoms with E-state index < -0.39 is 11.9 Å². The molecule has 21 heavy (non-hydrogen) atoms. The number of rotatable bonds is 4. The number of benzene rings is 1. The van der Waals surface area contributed by atoms with Gasteiger partial charge in [-0.15, -0.1) is 11.3 Å². The molecule has 0 radical (unpaired) electrons. The smallest absolute Gasteiger partial charge is 0.339 e. The lowest BCUT2D eigenvalue weighted by Crippen LogP contribution is -2.14. The average molecular weight is 436 g/mol. The molecule has 0 bridgehead atoms. The molecular weight excluding hydrogens is 424 g/mol. The number of halogens is 2. The second-order valence-electron chi connectivity index (χ2n) is 4.03. The van der Waals surface area contributed by atoms with E-state index in [1.54, 1.807) is 26.0 Å². The van der Waals surface area contributed by atoms with E-state index in [2.05, 4.69) is 31.9 Å². The van der Waals surface area contributed by atoms with Crippen LogP contribution in [0.4, 0.5) is 0 Å². The predicted molar refractivity (Wildman–Crippen MR) is 89.1 cm³/mol.